The third-order valence-corrected chi connectivity index (χ3v) is 0.707. The molecule has 0 amide bonds. The van der Waals surface area contributed by atoms with E-state index in [4.69, 9.17) is 0 Å². The monoisotopic (exact) mass is 112 g/mol. The molecule has 0 aliphatic rings. The van der Waals surface area contributed by atoms with Crippen LogP contribution in [0.1, 0.15) is 33.1 Å². The van der Waals surface area contributed by atoms with Crippen LogP contribution in [0, 0.1) is 0 Å². The summed E-state index contributed by atoms with van der Waals surface area (Å²) < 4.78 is 0. The van der Waals surface area contributed by atoms with E-state index in [-0.39, 0.29) is 51.4 Å². The second-order valence-electron chi connectivity index (χ2n) is 1.35. The molecule has 0 nitrogen and oxygen atoms in total. The van der Waals surface area contributed by atoms with Crippen LogP contribution < -0.4 is 0 Å². The Morgan fingerprint density at radius 3 is 1.33 bits per heavy atom. The van der Waals surface area contributed by atoms with E-state index >= 15 is 0 Å². The van der Waals surface area contributed by atoms with Gasteiger partial charge in [0.25, 0.3) is 0 Å². The molecular weight excluding hydrogens is 99.2 g/mol. The van der Waals surface area contributed by atoms with E-state index in [9.17, 15) is 0 Å². The van der Waals surface area contributed by atoms with Crippen LogP contribution in [0.3, 0.4) is 0 Å². The molecular formula is C5H13K. The van der Waals surface area contributed by atoms with E-state index in [1.807, 2.05) is 0 Å². The van der Waals surface area contributed by atoms with Crippen LogP contribution in [0.2, 0.25) is 0 Å². The molecule has 34 valence electrons. The summed E-state index contributed by atoms with van der Waals surface area (Å²) in [4.78, 5) is 0. The molecule has 0 aliphatic carbocycles. The standard InChI is InChI=1S/C5H12.K.H/c1-3-5-4-2;;/h3-5H2,1-2H3;;. The summed E-state index contributed by atoms with van der Waals surface area (Å²) in [6.07, 6.45) is 4.08. The maximum absolute atomic E-state index is 2.21. The summed E-state index contributed by atoms with van der Waals surface area (Å²) in [6.45, 7) is 4.42. The maximum atomic E-state index is 2.21. The molecule has 0 spiro atoms. The van der Waals surface area contributed by atoms with E-state index in [2.05, 4.69) is 13.8 Å². The van der Waals surface area contributed by atoms with Crippen molar-refractivity contribution in [3.63, 3.8) is 0 Å². The van der Waals surface area contributed by atoms with Crippen LogP contribution in [0.5, 0.6) is 0 Å². The number of hydrogen-bond donors (Lipinski definition) is 0. The fourth-order valence-electron chi connectivity index (χ4n) is 0.354. The Bertz CT molecular complexity index is 11.4. The van der Waals surface area contributed by atoms with Gasteiger partial charge in [0, 0.05) is 0 Å². The zero-order valence-corrected chi connectivity index (χ0v) is 4.12. The first-order valence-electron chi connectivity index (χ1n) is 2.41. The molecule has 0 aromatic carbocycles. The molecule has 0 heterocycles. The molecule has 0 aliphatic heterocycles. The van der Waals surface area contributed by atoms with Gasteiger partial charge in [-0.2, -0.15) is 0 Å². The first kappa shape index (κ1) is 10.6. The van der Waals surface area contributed by atoms with Crippen LogP contribution >= 0.6 is 0 Å². The van der Waals surface area contributed by atoms with Crippen molar-refractivity contribution >= 4 is 51.4 Å². The Labute approximate surface area is 83.1 Å². The molecule has 0 atom stereocenters. The Morgan fingerprint density at radius 2 is 1.33 bits per heavy atom. The minimum atomic E-state index is 0. The molecule has 1 heteroatoms. The molecule has 6 heavy (non-hydrogen) atoms. The molecule has 0 rings (SSSR count). The Hall–Kier alpha value is 1.64. The van der Waals surface area contributed by atoms with Crippen LogP contribution in [-0.4, -0.2) is 51.4 Å². The average molecular weight is 112 g/mol. The zero-order chi connectivity index (χ0) is 4.12. The second-order valence-corrected chi connectivity index (χ2v) is 1.35. The van der Waals surface area contributed by atoms with Crippen molar-refractivity contribution in [1.82, 2.24) is 0 Å². The topological polar surface area (TPSA) is 0 Å². The molecule has 0 fully saturated rings. The van der Waals surface area contributed by atoms with Crippen LogP contribution in [0.25, 0.3) is 0 Å². The summed E-state index contributed by atoms with van der Waals surface area (Å²) in [5.74, 6) is 0. The predicted molar refractivity (Wildman–Crippen MR) is 32.3 cm³/mol. The average Bonchev–Trinajstić information content (AvgIpc) is 1.41. The molecule has 0 aromatic rings. The van der Waals surface area contributed by atoms with Gasteiger partial charge in [-0.15, -0.1) is 0 Å². The van der Waals surface area contributed by atoms with Crippen molar-refractivity contribution in [3.8, 4) is 0 Å². The normalized spacial score (nSPS) is 7.00. The van der Waals surface area contributed by atoms with Crippen molar-refractivity contribution in [2.45, 2.75) is 33.1 Å². The van der Waals surface area contributed by atoms with E-state index in [1.165, 1.54) is 19.3 Å². The summed E-state index contributed by atoms with van der Waals surface area (Å²) in [5, 5.41) is 0. The third kappa shape index (κ3) is 9.16. The van der Waals surface area contributed by atoms with Crippen LogP contribution in [-0.2, 0) is 0 Å². The van der Waals surface area contributed by atoms with Gasteiger partial charge in [0.15, 0.2) is 0 Å². The van der Waals surface area contributed by atoms with Gasteiger partial charge in [-0.1, -0.05) is 33.1 Å². The first-order valence-corrected chi connectivity index (χ1v) is 2.41. The van der Waals surface area contributed by atoms with Gasteiger partial charge >= 0.3 is 51.4 Å². The first-order chi connectivity index (χ1) is 2.41. The number of unbranched alkanes of at least 4 members (excludes halogenated alkanes) is 2. The molecule has 0 aromatic heterocycles. The number of rotatable bonds is 2. The van der Waals surface area contributed by atoms with Gasteiger partial charge in [0.1, 0.15) is 0 Å². The predicted octanol–water partition coefficient (Wildman–Crippen LogP) is 1.55. The molecule has 0 N–H and O–H groups in total. The zero-order valence-electron chi connectivity index (χ0n) is 4.12. The van der Waals surface area contributed by atoms with E-state index in [0.717, 1.165) is 0 Å². The molecule has 0 radical (unpaired) electrons. The van der Waals surface area contributed by atoms with Crippen LogP contribution in [0.15, 0.2) is 0 Å². The Kier molecular flexibility index (Phi) is 17.3. The third-order valence-electron chi connectivity index (χ3n) is 0.707. The van der Waals surface area contributed by atoms with E-state index in [0.29, 0.717) is 0 Å². The summed E-state index contributed by atoms with van der Waals surface area (Å²) >= 11 is 0. The van der Waals surface area contributed by atoms with Gasteiger partial charge in [-0.25, -0.2) is 0 Å². The summed E-state index contributed by atoms with van der Waals surface area (Å²) in [6, 6.07) is 0. The molecule has 0 saturated heterocycles. The quantitative estimate of drug-likeness (QED) is 0.475. The van der Waals surface area contributed by atoms with Gasteiger partial charge in [-0.05, 0) is 0 Å². The second kappa shape index (κ2) is 9.81. The summed E-state index contributed by atoms with van der Waals surface area (Å²) in [5.41, 5.74) is 0. The van der Waals surface area contributed by atoms with Gasteiger partial charge in [-0.3, -0.25) is 0 Å². The van der Waals surface area contributed by atoms with Gasteiger partial charge < -0.3 is 0 Å². The molecule has 0 bridgehead atoms. The molecule has 0 unspecified atom stereocenters. The van der Waals surface area contributed by atoms with Crippen molar-refractivity contribution in [2.75, 3.05) is 0 Å². The fraction of sp³-hybridized carbons (Fsp3) is 1.00. The van der Waals surface area contributed by atoms with Crippen LogP contribution in [0.4, 0.5) is 0 Å². The fourth-order valence-corrected chi connectivity index (χ4v) is 0.354. The van der Waals surface area contributed by atoms with Crippen molar-refractivity contribution < 1.29 is 0 Å². The van der Waals surface area contributed by atoms with Crippen molar-refractivity contribution in [3.05, 3.63) is 0 Å². The van der Waals surface area contributed by atoms with Crippen molar-refractivity contribution in [2.24, 2.45) is 0 Å². The summed E-state index contributed by atoms with van der Waals surface area (Å²) in [7, 11) is 0. The van der Waals surface area contributed by atoms with Gasteiger partial charge in [0.2, 0.25) is 0 Å². The Balaban J connectivity index is 0. The SMILES string of the molecule is CCCCC.[KH]. The van der Waals surface area contributed by atoms with Gasteiger partial charge in [0.05, 0.1) is 0 Å². The number of hydrogen-bond acceptors (Lipinski definition) is 0. The van der Waals surface area contributed by atoms with Crippen molar-refractivity contribution in [1.29, 1.82) is 0 Å². The van der Waals surface area contributed by atoms with E-state index in [1.54, 1.807) is 0 Å². The Morgan fingerprint density at radius 1 is 1.00 bits per heavy atom. The minimum absolute atomic E-state index is 0. The van der Waals surface area contributed by atoms with E-state index < -0.39 is 0 Å². The molecule has 0 saturated carbocycles.